The first-order chi connectivity index (χ1) is 8.24. The van der Waals surface area contributed by atoms with Crippen molar-refractivity contribution in [1.29, 1.82) is 0 Å². The van der Waals surface area contributed by atoms with E-state index in [0.29, 0.717) is 6.10 Å². The molecule has 17 heavy (non-hydrogen) atoms. The van der Waals surface area contributed by atoms with Crippen LogP contribution in [0.3, 0.4) is 0 Å². The first kappa shape index (κ1) is 12.9. The molecule has 0 atom stereocenters. The van der Waals surface area contributed by atoms with Gasteiger partial charge in [0.25, 0.3) is 0 Å². The summed E-state index contributed by atoms with van der Waals surface area (Å²) in [4.78, 5) is 2.65. The van der Waals surface area contributed by atoms with Crippen LogP contribution in [0.25, 0.3) is 0 Å². The van der Waals surface area contributed by atoms with Crippen LogP contribution in [0.15, 0.2) is 12.3 Å². The summed E-state index contributed by atoms with van der Waals surface area (Å²) >= 11 is 0. The molecule has 0 unspecified atom stereocenters. The highest BCUT2D eigenvalue weighted by Crippen LogP contribution is 2.26. The Hall–Kier alpha value is -0.500. The van der Waals surface area contributed by atoms with Crippen LogP contribution in [0.4, 0.5) is 0 Å². The molecule has 1 aliphatic carbocycles. The number of piperidine rings is 1. The van der Waals surface area contributed by atoms with Crippen molar-refractivity contribution in [3.05, 3.63) is 12.3 Å². The van der Waals surface area contributed by atoms with Gasteiger partial charge in [0.2, 0.25) is 0 Å². The number of nitrogens with zero attached hydrogens (tertiary/aromatic N) is 1. The maximum Gasteiger partial charge on any atom is 0.101 e. The summed E-state index contributed by atoms with van der Waals surface area (Å²) in [5.41, 5.74) is 0. The normalized spacial score (nSPS) is 24.8. The lowest BCUT2D eigenvalue weighted by Gasteiger charge is -2.35. The molecule has 1 heterocycles. The lowest BCUT2D eigenvalue weighted by Crippen LogP contribution is -2.39. The average Bonchev–Trinajstić information content (AvgIpc) is 2.32. The summed E-state index contributed by atoms with van der Waals surface area (Å²) in [6, 6.07) is 0. The van der Waals surface area contributed by atoms with Crippen molar-refractivity contribution in [3.63, 3.8) is 0 Å². The van der Waals surface area contributed by atoms with Gasteiger partial charge in [-0.3, -0.25) is 0 Å². The van der Waals surface area contributed by atoms with E-state index in [-0.39, 0.29) is 0 Å². The van der Waals surface area contributed by atoms with Crippen LogP contribution in [0.1, 0.15) is 51.9 Å². The van der Waals surface area contributed by atoms with E-state index in [0.717, 1.165) is 11.7 Å². The number of hydrogen-bond acceptors (Lipinski definition) is 2. The Morgan fingerprint density at radius 1 is 1.12 bits per heavy atom. The zero-order valence-corrected chi connectivity index (χ0v) is 11.3. The third kappa shape index (κ3) is 4.34. The van der Waals surface area contributed by atoms with Crippen molar-refractivity contribution in [2.45, 2.75) is 58.0 Å². The molecule has 2 rings (SSSR count). The third-order valence-electron chi connectivity index (χ3n) is 4.14. The van der Waals surface area contributed by atoms with Crippen LogP contribution in [0.2, 0.25) is 0 Å². The summed E-state index contributed by atoms with van der Waals surface area (Å²) in [5, 5.41) is 0. The zero-order valence-electron chi connectivity index (χ0n) is 11.3. The highest BCUT2D eigenvalue weighted by atomic mass is 16.5. The number of allylic oxidation sites excluding steroid dienone is 1. The van der Waals surface area contributed by atoms with E-state index in [2.05, 4.69) is 11.5 Å². The monoisotopic (exact) mass is 237 g/mol. The van der Waals surface area contributed by atoms with Crippen molar-refractivity contribution in [2.75, 3.05) is 19.6 Å². The van der Waals surface area contributed by atoms with Crippen molar-refractivity contribution in [1.82, 2.24) is 4.90 Å². The lowest BCUT2D eigenvalue weighted by atomic mass is 9.88. The number of rotatable bonds is 4. The third-order valence-corrected chi connectivity index (χ3v) is 4.14. The molecule has 0 radical (unpaired) electrons. The maximum atomic E-state index is 5.71. The maximum absolute atomic E-state index is 5.71. The molecule has 1 saturated heterocycles. The number of ether oxygens (including phenoxy) is 1. The van der Waals surface area contributed by atoms with Crippen LogP contribution in [-0.2, 0) is 4.74 Å². The van der Waals surface area contributed by atoms with Crippen LogP contribution >= 0.6 is 0 Å². The van der Waals surface area contributed by atoms with Gasteiger partial charge >= 0.3 is 0 Å². The summed E-state index contributed by atoms with van der Waals surface area (Å²) < 4.78 is 5.71. The van der Waals surface area contributed by atoms with Gasteiger partial charge in [-0.05, 0) is 38.5 Å². The Kier molecular flexibility index (Phi) is 4.90. The molecule has 1 saturated carbocycles. The molecule has 2 aliphatic rings. The van der Waals surface area contributed by atoms with Crippen molar-refractivity contribution in [2.24, 2.45) is 5.92 Å². The topological polar surface area (TPSA) is 12.5 Å². The fraction of sp³-hybridized carbons (Fsp3) is 0.867. The molecule has 2 heteroatoms. The Balaban J connectivity index is 1.66. The van der Waals surface area contributed by atoms with E-state index in [9.17, 15) is 0 Å². The van der Waals surface area contributed by atoms with E-state index in [1.165, 1.54) is 64.6 Å². The summed E-state index contributed by atoms with van der Waals surface area (Å²) in [5.74, 6) is 1.85. The highest BCUT2D eigenvalue weighted by molar-refractivity contribution is 4.81. The fourth-order valence-electron chi connectivity index (χ4n) is 3.23. The molecule has 1 aliphatic heterocycles. The standard InChI is InChI=1S/C15H27NO/c1-13(2)17-15-8-10-16(11-9-15)12-14-6-4-3-5-7-14/h14-15H,1,3-12H2,2H3. The Labute approximate surface area is 106 Å². The second kappa shape index (κ2) is 6.44. The molecule has 0 bridgehead atoms. The number of hydrogen-bond donors (Lipinski definition) is 0. The Bertz CT molecular complexity index is 237. The van der Waals surface area contributed by atoms with E-state index in [4.69, 9.17) is 4.74 Å². The van der Waals surface area contributed by atoms with Gasteiger partial charge in [0.05, 0.1) is 5.76 Å². The second-order valence-electron chi connectivity index (χ2n) is 5.82. The van der Waals surface area contributed by atoms with Crippen LogP contribution in [0.5, 0.6) is 0 Å². The minimum absolute atomic E-state index is 0.426. The molecule has 0 aromatic rings. The SMILES string of the molecule is C=C(C)OC1CCN(CC2CCCCC2)CC1. The molecule has 0 N–H and O–H groups in total. The molecule has 0 aromatic heterocycles. The lowest BCUT2D eigenvalue weighted by molar-refractivity contribution is 0.0443. The van der Waals surface area contributed by atoms with Gasteiger partial charge in [-0.2, -0.15) is 0 Å². The first-order valence-electron chi connectivity index (χ1n) is 7.28. The molecular weight excluding hydrogens is 210 g/mol. The fourth-order valence-corrected chi connectivity index (χ4v) is 3.23. The predicted octanol–water partition coefficient (Wildman–Crippen LogP) is 3.58. The van der Waals surface area contributed by atoms with Crippen molar-refractivity contribution in [3.8, 4) is 0 Å². The van der Waals surface area contributed by atoms with Gasteiger partial charge in [0.1, 0.15) is 6.10 Å². The molecule has 98 valence electrons. The minimum Gasteiger partial charge on any atom is -0.496 e. The zero-order chi connectivity index (χ0) is 12.1. The number of likely N-dealkylation sites (tertiary alicyclic amines) is 1. The van der Waals surface area contributed by atoms with Crippen LogP contribution < -0.4 is 0 Å². The average molecular weight is 237 g/mol. The summed E-state index contributed by atoms with van der Waals surface area (Å²) in [6.07, 6.45) is 10.1. The van der Waals surface area contributed by atoms with E-state index < -0.39 is 0 Å². The highest BCUT2D eigenvalue weighted by Gasteiger charge is 2.23. The van der Waals surface area contributed by atoms with E-state index in [1.807, 2.05) is 6.92 Å². The van der Waals surface area contributed by atoms with E-state index in [1.54, 1.807) is 0 Å². The van der Waals surface area contributed by atoms with Gasteiger partial charge < -0.3 is 9.64 Å². The van der Waals surface area contributed by atoms with Crippen LogP contribution in [-0.4, -0.2) is 30.6 Å². The van der Waals surface area contributed by atoms with Crippen LogP contribution in [0, 0.1) is 5.92 Å². The van der Waals surface area contributed by atoms with Gasteiger partial charge in [0.15, 0.2) is 0 Å². The molecule has 0 aromatic carbocycles. The minimum atomic E-state index is 0.426. The molecule has 0 spiro atoms. The largest absolute Gasteiger partial charge is 0.496 e. The quantitative estimate of drug-likeness (QED) is 0.693. The first-order valence-corrected chi connectivity index (χ1v) is 7.28. The second-order valence-corrected chi connectivity index (χ2v) is 5.82. The smallest absolute Gasteiger partial charge is 0.101 e. The molecular formula is C15H27NO. The molecule has 2 nitrogen and oxygen atoms in total. The van der Waals surface area contributed by atoms with Gasteiger partial charge in [-0.1, -0.05) is 25.8 Å². The summed E-state index contributed by atoms with van der Waals surface area (Å²) in [6.45, 7) is 9.55. The van der Waals surface area contributed by atoms with E-state index >= 15 is 0 Å². The van der Waals surface area contributed by atoms with Gasteiger partial charge in [-0.25, -0.2) is 0 Å². The summed E-state index contributed by atoms with van der Waals surface area (Å²) in [7, 11) is 0. The van der Waals surface area contributed by atoms with Gasteiger partial charge in [-0.15, -0.1) is 0 Å². The molecule has 2 fully saturated rings. The Morgan fingerprint density at radius 3 is 2.35 bits per heavy atom. The molecule has 0 amide bonds. The van der Waals surface area contributed by atoms with Crippen molar-refractivity contribution >= 4 is 0 Å². The predicted molar refractivity (Wildman–Crippen MR) is 71.9 cm³/mol. The Morgan fingerprint density at radius 2 is 1.76 bits per heavy atom. The van der Waals surface area contributed by atoms with Crippen molar-refractivity contribution < 1.29 is 4.74 Å². The van der Waals surface area contributed by atoms with Gasteiger partial charge in [0, 0.05) is 19.6 Å².